The standard InChI is InChI=1S/C26H30N6O8/c1-16(33)29-9-10-39-15-18(29)13-30(19-5-3-4-6-20(19)38-2)23(34)11-21-27-22(40-28-21)14-32-25(36)24(35)31(26(32)37)12-17-7-8-17/h3-6,17-18H,7-15H2,1-2H3/t18-/m0/s1. The zero-order chi connectivity index (χ0) is 28.4. The lowest BCUT2D eigenvalue weighted by Gasteiger charge is -2.38. The van der Waals surface area contributed by atoms with E-state index in [0.29, 0.717) is 24.6 Å². The van der Waals surface area contributed by atoms with E-state index in [4.69, 9.17) is 14.0 Å². The average molecular weight is 555 g/mol. The van der Waals surface area contributed by atoms with Gasteiger partial charge in [0.25, 0.3) is 0 Å². The Balaban J connectivity index is 1.31. The van der Waals surface area contributed by atoms with Gasteiger partial charge in [-0.25, -0.2) is 9.69 Å². The maximum atomic E-state index is 13.6. The summed E-state index contributed by atoms with van der Waals surface area (Å²) in [5.74, 6) is -1.70. The van der Waals surface area contributed by atoms with E-state index in [-0.39, 0.29) is 62.2 Å². The van der Waals surface area contributed by atoms with Crippen LogP contribution in [-0.2, 0) is 36.9 Å². The summed E-state index contributed by atoms with van der Waals surface area (Å²) in [4.78, 5) is 72.3. The van der Waals surface area contributed by atoms with E-state index < -0.39 is 23.8 Å². The highest BCUT2D eigenvalue weighted by Gasteiger charge is 2.46. The predicted octanol–water partition coefficient (Wildman–Crippen LogP) is 0.602. The minimum atomic E-state index is -0.950. The fourth-order valence-corrected chi connectivity index (χ4v) is 4.82. The number of methoxy groups -OCH3 is 1. The van der Waals surface area contributed by atoms with Crippen LogP contribution in [0, 0.1) is 5.92 Å². The summed E-state index contributed by atoms with van der Waals surface area (Å²) in [6, 6.07) is 5.89. The normalized spacial score (nSPS) is 19.4. The van der Waals surface area contributed by atoms with Crippen molar-refractivity contribution in [2.75, 3.05) is 44.9 Å². The molecule has 2 aliphatic heterocycles. The number of carbonyl (C=O) groups excluding carboxylic acids is 5. The van der Waals surface area contributed by atoms with Gasteiger partial charge in [-0.05, 0) is 30.9 Å². The summed E-state index contributed by atoms with van der Waals surface area (Å²) >= 11 is 0. The highest BCUT2D eigenvalue weighted by atomic mass is 16.5. The topological polar surface area (TPSA) is 156 Å². The Hall–Kier alpha value is -4.33. The van der Waals surface area contributed by atoms with Crippen LogP contribution in [0.2, 0.25) is 0 Å². The zero-order valence-electron chi connectivity index (χ0n) is 22.3. The largest absolute Gasteiger partial charge is 0.495 e. The van der Waals surface area contributed by atoms with Gasteiger partial charge in [-0.15, -0.1) is 0 Å². The number of benzene rings is 1. The SMILES string of the molecule is COc1ccccc1N(C[C@H]1COCCN1C(C)=O)C(=O)Cc1noc(CN2C(=O)C(=O)N(CC3CC3)C2=O)n1. The number of imide groups is 2. The van der Waals surface area contributed by atoms with Gasteiger partial charge in [-0.1, -0.05) is 17.3 Å². The molecule has 0 N–H and O–H groups in total. The van der Waals surface area contributed by atoms with Gasteiger partial charge in [0.15, 0.2) is 5.82 Å². The minimum Gasteiger partial charge on any atom is -0.495 e. The van der Waals surface area contributed by atoms with Crippen molar-refractivity contribution >= 4 is 35.3 Å². The third kappa shape index (κ3) is 5.66. The number of nitrogens with zero attached hydrogens (tertiary/aromatic N) is 6. The molecule has 0 unspecified atom stereocenters. The highest BCUT2D eigenvalue weighted by molar-refractivity contribution is 6.44. The van der Waals surface area contributed by atoms with Gasteiger partial charge in [0.1, 0.15) is 12.3 Å². The Morgan fingerprint density at radius 3 is 2.60 bits per heavy atom. The van der Waals surface area contributed by atoms with Crippen LogP contribution in [0.25, 0.3) is 0 Å². The molecule has 1 atom stereocenters. The molecule has 2 saturated heterocycles. The van der Waals surface area contributed by atoms with Crippen LogP contribution in [-0.4, -0.2) is 100 Å². The molecule has 3 fully saturated rings. The number of para-hydroxylation sites is 2. The summed E-state index contributed by atoms with van der Waals surface area (Å²) in [5, 5.41) is 3.85. The van der Waals surface area contributed by atoms with Crippen molar-refractivity contribution in [3.8, 4) is 5.75 Å². The van der Waals surface area contributed by atoms with Crippen molar-refractivity contribution < 1.29 is 38.0 Å². The van der Waals surface area contributed by atoms with Crippen molar-refractivity contribution in [2.45, 2.75) is 38.8 Å². The quantitative estimate of drug-likeness (QED) is 0.301. The van der Waals surface area contributed by atoms with Gasteiger partial charge in [-0.2, -0.15) is 4.98 Å². The van der Waals surface area contributed by atoms with Gasteiger partial charge in [0.2, 0.25) is 17.7 Å². The van der Waals surface area contributed by atoms with E-state index in [1.807, 2.05) is 0 Å². The number of amides is 6. The summed E-state index contributed by atoms with van der Waals surface area (Å²) in [5.41, 5.74) is 0.496. The van der Waals surface area contributed by atoms with Crippen molar-refractivity contribution in [1.82, 2.24) is 24.8 Å². The third-order valence-electron chi connectivity index (χ3n) is 7.09. The molecular formula is C26H30N6O8. The molecule has 3 heterocycles. The van der Waals surface area contributed by atoms with Crippen LogP contribution < -0.4 is 9.64 Å². The molecule has 5 rings (SSSR count). The number of rotatable bonds is 10. The monoisotopic (exact) mass is 554 g/mol. The molecule has 6 amide bonds. The van der Waals surface area contributed by atoms with Gasteiger partial charge < -0.3 is 23.8 Å². The number of hydrogen-bond donors (Lipinski definition) is 0. The first-order chi connectivity index (χ1) is 19.3. The number of morpholine rings is 1. The minimum absolute atomic E-state index is 0.0310. The molecule has 2 aromatic rings. The van der Waals surface area contributed by atoms with Crippen LogP contribution in [0.4, 0.5) is 10.5 Å². The van der Waals surface area contributed by atoms with Gasteiger partial charge in [0.05, 0.1) is 38.5 Å². The number of urea groups is 1. The van der Waals surface area contributed by atoms with E-state index >= 15 is 0 Å². The van der Waals surface area contributed by atoms with Crippen LogP contribution >= 0.6 is 0 Å². The van der Waals surface area contributed by atoms with Crippen LogP contribution in [0.5, 0.6) is 5.75 Å². The molecule has 1 aromatic carbocycles. The van der Waals surface area contributed by atoms with Gasteiger partial charge >= 0.3 is 17.8 Å². The Morgan fingerprint density at radius 1 is 1.12 bits per heavy atom. The molecule has 0 radical (unpaired) electrons. The molecule has 14 heteroatoms. The van der Waals surface area contributed by atoms with Crippen LogP contribution in [0.15, 0.2) is 28.8 Å². The van der Waals surface area contributed by atoms with Gasteiger partial charge in [0, 0.05) is 26.6 Å². The Morgan fingerprint density at radius 2 is 1.88 bits per heavy atom. The average Bonchev–Trinajstić information content (AvgIpc) is 3.64. The van der Waals surface area contributed by atoms with Crippen molar-refractivity contribution in [3.05, 3.63) is 36.0 Å². The molecule has 0 bridgehead atoms. The maximum absolute atomic E-state index is 13.6. The third-order valence-corrected chi connectivity index (χ3v) is 7.09. The lowest BCUT2D eigenvalue weighted by atomic mass is 10.1. The molecule has 3 aliphatic rings. The maximum Gasteiger partial charge on any atom is 0.334 e. The Kier molecular flexibility index (Phi) is 7.78. The second-order valence-corrected chi connectivity index (χ2v) is 9.93. The van der Waals surface area contributed by atoms with Crippen LogP contribution in [0.3, 0.4) is 0 Å². The van der Waals surface area contributed by atoms with E-state index in [9.17, 15) is 24.0 Å². The van der Waals surface area contributed by atoms with E-state index in [2.05, 4.69) is 10.1 Å². The fraction of sp³-hybridized carbons (Fsp3) is 0.500. The lowest BCUT2D eigenvalue weighted by molar-refractivity contribution is -0.143. The van der Waals surface area contributed by atoms with Crippen LogP contribution in [0.1, 0.15) is 31.5 Å². The molecule has 0 spiro atoms. The van der Waals surface area contributed by atoms with Crippen molar-refractivity contribution in [1.29, 1.82) is 0 Å². The number of hydrogen-bond acceptors (Lipinski definition) is 10. The van der Waals surface area contributed by atoms with Crippen molar-refractivity contribution in [3.63, 3.8) is 0 Å². The summed E-state index contributed by atoms with van der Waals surface area (Å²) in [6.07, 6.45) is 1.56. The lowest BCUT2D eigenvalue weighted by Crippen LogP contribution is -2.54. The van der Waals surface area contributed by atoms with E-state index in [1.54, 1.807) is 29.2 Å². The first-order valence-electron chi connectivity index (χ1n) is 13.0. The summed E-state index contributed by atoms with van der Waals surface area (Å²) in [7, 11) is 1.50. The smallest absolute Gasteiger partial charge is 0.334 e. The van der Waals surface area contributed by atoms with Crippen molar-refractivity contribution in [2.24, 2.45) is 5.92 Å². The van der Waals surface area contributed by atoms with E-state index in [0.717, 1.165) is 22.6 Å². The summed E-state index contributed by atoms with van der Waals surface area (Å²) in [6.45, 7) is 2.54. The highest BCUT2D eigenvalue weighted by Crippen LogP contribution is 2.32. The molecule has 1 aliphatic carbocycles. The first kappa shape index (κ1) is 27.2. The molecule has 40 heavy (non-hydrogen) atoms. The summed E-state index contributed by atoms with van der Waals surface area (Å²) < 4.78 is 16.3. The Bertz CT molecular complexity index is 1320. The number of carbonyl (C=O) groups is 5. The molecular weight excluding hydrogens is 524 g/mol. The number of anilines is 1. The molecule has 212 valence electrons. The predicted molar refractivity (Wildman–Crippen MR) is 136 cm³/mol. The fourth-order valence-electron chi connectivity index (χ4n) is 4.82. The van der Waals surface area contributed by atoms with Gasteiger partial charge in [-0.3, -0.25) is 24.1 Å². The number of ether oxygens (including phenoxy) is 2. The number of aromatic nitrogens is 2. The van der Waals surface area contributed by atoms with E-state index in [1.165, 1.54) is 18.9 Å². The molecule has 1 saturated carbocycles. The second kappa shape index (κ2) is 11.4. The zero-order valence-corrected chi connectivity index (χ0v) is 22.3. The first-order valence-corrected chi connectivity index (χ1v) is 13.0. The molecule has 1 aromatic heterocycles. The Labute approximate surface area is 229 Å². The molecule has 14 nitrogen and oxygen atoms in total. The second-order valence-electron chi connectivity index (χ2n) is 9.93.